The molecular weight excluding hydrogens is 212 g/mol. The van der Waals surface area contributed by atoms with E-state index in [0.717, 1.165) is 5.56 Å². The predicted octanol–water partition coefficient (Wildman–Crippen LogP) is 2.28. The van der Waals surface area contributed by atoms with Crippen molar-refractivity contribution in [2.24, 2.45) is 0 Å². The van der Waals surface area contributed by atoms with Crippen LogP contribution in [0.3, 0.4) is 0 Å². The average Bonchev–Trinajstić information content (AvgIpc) is 2.22. The first kappa shape index (κ1) is 11.8. The van der Waals surface area contributed by atoms with E-state index < -0.39 is 0 Å². The first-order valence-electron chi connectivity index (χ1n) is 4.70. The van der Waals surface area contributed by atoms with E-state index in [-0.39, 0.29) is 12.5 Å². The zero-order valence-corrected chi connectivity index (χ0v) is 9.25. The second-order valence-corrected chi connectivity index (χ2v) is 3.87. The number of halogens is 1. The molecule has 0 aliphatic heterocycles. The Labute approximate surface area is 94.1 Å². The number of nitrogen functional groups attached to an aromatic ring is 1. The Hall–Kier alpha value is -1.24. The van der Waals surface area contributed by atoms with Crippen molar-refractivity contribution < 1.29 is 5.11 Å². The van der Waals surface area contributed by atoms with E-state index in [0.29, 0.717) is 22.7 Å². The number of nitrogens with two attached hydrogens (primary N) is 1. The molecule has 0 aliphatic carbocycles. The van der Waals surface area contributed by atoms with E-state index in [1.54, 1.807) is 12.1 Å². The molecule has 1 aromatic carbocycles. The van der Waals surface area contributed by atoms with Gasteiger partial charge in [-0.1, -0.05) is 18.5 Å². The Kier molecular flexibility index (Phi) is 3.96. The number of hydrogen-bond acceptors (Lipinski definition) is 3. The molecule has 0 fully saturated rings. The van der Waals surface area contributed by atoms with Crippen LogP contribution in [-0.2, 0) is 0 Å². The maximum absolute atomic E-state index is 8.85. The topological polar surface area (TPSA) is 70.0 Å². The van der Waals surface area contributed by atoms with Crippen LogP contribution in [0, 0.1) is 11.3 Å². The lowest BCUT2D eigenvalue weighted by molar-refractivity contribution is 0.278. The lowest BCUT2D eigenvalue weighted by Gasteiger charge is -2.14. The van der Waals surface area contributed by atoms with E-state index in [1.165, 1.54) is 0 Å². The van der Waals surface area contributed by atoms with E-state index in [2.05, 4.69) is 0 Å². The van der Waals surface area contributed by atoms with Crippen molar-refractivity contribution in [1.29, 1.82) is 5.26 Å². The van der Waals surface area contributed by atoms with Gasteiger partial charge in [-0.05, 0) is 30.0 Å². The number of aliphatic hydroxyl groups excluding tert-OH is 1. The highest BCUT2D eigenvalue weighted by atomic mass is 35.5. The highest BCUT2D eigenvalue weighted by molar-refractivity contribution is 6.34. The molecule has 1 unspecified atom stereocenters. The lowest BCUT2D eigenvalue weighted by atomic mass is 9.96. The van der Waals surface area contributed by atoms with Crippen LogP contribution in [0.5, 0.6) is 0 Å². The van der Waals surface area contributed by atoms with Gasteiger partial charge in [0.25, 0.3) is 0 Å². The van der Waals surface area contributed by atoms with Crippen molar-refractivity contribution in [3.8, 4) is 6.07 Å². The van der Waals surface area contributed by atoms with Crippen LogP contribution in [0.2, 0.25) is 5.02 Å². The number of anilines is 1. The van der Waals surface area contributed by atoms with Crippen molar-refractivity contribution in [1.82, 2.24) is 0 Å². The summed E-state index contributed by atoms with van der Waals surface area (Å²) in [6, 6.07) is 5.31. The van der Waals surface area contributed by atoms with Crippen LogP contribution in [-0.4, -0.2) is 11.7 Å². The van der Waals surface area contributed by atoms with Crippen molar-refractivity contribution in [2.45, 2.75) is 19.3 Å². The molecule has 3 nitrogen and oxygen atoms in total. The molecule has 1 aromatic rings. The Balaban J connectivity index is 3.16. The fraction of sp³-hybridized carbons (Fsp3) is 0.364. The first-order chi connectivity index (χ1) is 7.10. The van der Waals surface area contributed by atoms with Crippen LogP contribution in [0.25, 0.3) is 0 Å². The number of nitriles is 1. The van der Waals surface area contributed by atoms with Gasteiger partial charge in [0.05, 0.1) is 22.3 Å². The van der Waals surface area contributed by atoms with Gasteiger partial charge in [-0.2, -0.15) is 5.26 Å². The molecule has 0 aromatic heterocycles. The molecule has 0 spiro atoms. The highest BCUT2D eigenvalue weighted by Gasteiger charge is 2.13. The van der Waals surface area contributed by atoms with Gasteiger partial charge < -0.3 is 10.8 Å². The van der Waals surface area contributed by atoms with Gasteiger partial charge in [0, 0.05) is 6.61 Å². The summed E-state index contributed by atoms with van der Waals surface area (Å²) in [7, 11) is 0. The van der Waals surface area contributed by atoms with Crippen LogP contribution in [0.15, 0.2) is 12.1 Å². The SMILES string of the molecule is CC(CCO)c1cc(C#N)cc(N)c1Cl. The zero-order valence-electron chi connectivity index (χ0n) is 8.50. The number of benzene rings is 1. The fourth-order valence-corrected chi connectivity index (χ4v) is 1.74. The highest BCUT2D eigenvalue weighted by Crippen LogP contribution is 2.32. The summed E-state index contributed by atoms with van der Waals surface area (Å²) in [5, 5.41) is 18.1. The molecule has 4 heteroatoms. The average molecular weight is 225 g/mol. The monoisotopic (exact) mass is 224 g/mol. The van der Waals surface area contributed by atoms with Crippen LogP contribution >= 0.6 is 11.6 Å². The van der Waals surface area contributed by atoms with E-state index in [1.807, 2.05) is 13.0 Å². The maximum Gasteiger partial charge on any atom is 0.0992 e. The third-order valence-corrected chi connectivity index (χ3v) is 2.79. The molecular formula is C11H13ClN2O. The lowest BCUT2D eigenvalue weighted by Crippen LogP contribution is -2.01. The third kappa shape index (κ3) is 2.62. The molecule has 1 rings (SSSR count). The minimum atomic E-state index is 0.0914. The summed E-state index contributed by atoms with van der Waals surface area (Å²) in [4.78, 5) is 0. The zero-order chi connectivity index (χ0) is 11.4. The largest absolute Gasteiger partial charge is 0.397 e. The van der Waals surface area contributed by atoms with E-state index >= 15 is 0 Å². The smallest absolute Gasteiger partial charge is 0.0992 e. The normalized spacial score (nSPS) is 12.1. The van der Waals surface area contributed by atoms with Gasteiger partial charge in [0.2, 0.25) is 0 Å². The number of hydrogen-bond donors (Lipinski definition) is 2. The van der Waals surface area contributed by atoms with E-state index in [9.17, 15) is 0 Å². The van der Waals surface area contributed by atoms with Gasteiger partial charge >= 0.3 is 0 Å². The fourth-order valence-electron chi connectivity index (χ4n) is 1.44. The molecule has 0 amide bonds. The van der Waals surface area contributed by atoms with E-state index in [4.69, 9.17) is 27.7 Å². The third-order valence-electron chi connectivity index (χ3n) is 2.35. The van der Waals surface area contributed by atoms with Crippen LogP contribution in [0.1, 0.15) is 30.4 Å². The minimum absolute atomic E-state index is 0.0914. The van der Waals surface area contributed by atoms with Crippen molar-refractivity contribution in [3.05, 3.63) is 28.3 Å². The Morgan fingerprint density at radius 3 is 2.80 bits per heavy atom. The van der Waals surface area contributed by atoms with Gasteiger partial charge in [-0.25, -0.2) is 0 Å². The molecule has 0 saturated carbocycles. The van der Waals surface area contributed by atoms with Gasteiger partial charge in [0.1, 0.15) is 0 Å². The molecule has 3 N–H and O–H groups in total. The summed E-state index contributed by atoms with van der Waals surface area (Å²) < 4.78 is 0. The summed E-state index contributed by atoms with van der Waals surface area (Å²) in [5.74, 6) is 0.0955. The summed E-state index contributed by atoms with van der Waals surface area (Å²) in [6.45, 7) is 2.03. The number of rotatable bonds is 3. The second-order valence-electron chi connectivity index (χ2n) is 3.49. The number of aliphatic hydroxyl groups is 1. The summed E-state index contributed by atoms with van der Waals surface area (Å²) in [5.41, 5.74) is 7.42. The minimum Gasteiger partial charge on any atom is -0.397 e. The summed E-state index contributed by atoms with van der Waals surface area (Å²) in [6.07, 6.45) is 0.605. The van der Waals surface area contributed by atoms with Crippen molar-refractivity contribution >= 4 is 17.3 Å². The Bertz CT molecular complexity index is 398. The molecule has 0 heterocycles. The van der Waals surface area contributed by atoms with Gasteiger partial charge in [-0.3, -0.25) is 0 Å². The van der Waals surface area contributed by atoms with Crippen molar-refractivity contribution in [2.75, 3.05) is 12.3 Å². The molecule has 0 saturated heterocycles. The molecule has 0 bridgehead atoms. The Morgan fingerprint density at radius 1 is 1.60 bits per heavy atom. The molecule has 1 atom stereocenters. The van der Waals surface area contributed by atoms with Crippen LogP contribution < -0.4 is 5.73 Å². The maximum atomic E-state index is 8.85. The Morgan fingerprint density at radius 2 is 2.27 bits per heavy atom. The molecule has 15 heavy (non-hydrogen) atoms. The quantitative estimate of drug-likeness (QED) is 0.774. The molecule has 0 aliphatic rings. The van der Waals surface area contributed by atoms with Crippen LogP contribution in [0.4, 0.5) is 5.69 Å². The van der Waals surface area contributed by atoms with Gasteiger partial charge in [-0.15, -0.1) is 0 Å². The molecule has 0 radical (unpaired) electrons. The first-order valence-corrected chi connectivity index (χ1v) is 5.07. The molecule has 80 valence electrons. The summed E-state index contributed by atoms with van der Waals surface area (Å²) >= 11 is 6.04. The number of nitrogens with zero attached hydrogens (tertiary/aromatic N) is 1. The predicted molar refractivity (Wildman–Crippen MR) is 60.7 cm³/mol. The van der Waals surface area contributed by atoms with Crippen molar-refractivity contribution in [3.63, 3.8) is 0 Å². The van der Waals surface area contributed by atoms with Gasteiger partial charge in [0.15, 0.2) is 0 Å². The standard InChI is InChI=1S/C11H13ClN2O/c1-7(2-3-15)9-4-8(6-13)5-10(14)11(9)12/h4-5,7,15H,2-3,14H2,1H3. The second kappa shape index (κ2) is 5.01.